The van der Waals surface area contributed by atoms with Crippen LogP contribution in [0.3, 0.4) is 0 Å². The van der Waals surface area contributed by atoms with Crippen molar-refractivity contribution >= 4 is 11.6 Å². The molecule has 0 amide bonds. The maximum Gasteiger partial charge on any atom is 0.160 e. The lowest BCUT2D eigenvalue weighted by Crippen LogP contribution is -2.34. The van der Waals surface area contributed by atoms with E-state index in [2.05, 4.69) is 6.92 Å². The van der Waals surface area contributed by atoms with Gasteiger partial charge in [0.2, 0.25) is 0 Å². The molecule has 0 aliphatic rings. The van der Waals surface area contributed by atoms with Crippen LogP contribution in [0.15, 0.2) is 42.5 Å². The lowest BCUT2D eigenvalue weighted by Gasteiger charge is -2.32. The highest BCUT2D eigenvalue weighted by molar-refractivity contribution is 6.30. The molecule has 0 saturated heterocycles. The van der Waals surface area contributed by atoms with Crippen molar-refractivity contribution in [1.29, 1.82) is 0 Å². The summed E-state index contributed by atoms with van der Waals surface area (Å²) in [5.74, 6) is 1.37. The van der Waals surface area contributed by atoms with Gasteiger partial charge in [0.15, 0.2) is 11.5 Å². The van der Waals surface area contributed by atoms with Crippen molar-refractivity contribution in [3.05, 3.63) is 58.6 Å². The molecule has 0 spiro atoms. The van der Waals surface area contributed by atoms with Crippen molar-refractivity contribution in [1.82, 2.24) is 0 Å². The summed E-state index contributed by atoms with van der Waals surface area (Å²) in [4.78, 5) is 0. The summed E-state index contributed by atoms with van der Waals surface area (Å²) in [7, 11) is 3.23. The predicted molar refractivity (Wildman–Crippen MR) is 96.9 cm³/mol. The first-order valence-corrected chi connectivity index (χ1v) is 8.16. The molecule has 0 saturated carbocycles. The second-order valence-corrected chi connectivity index (χ2v) is 6.64. The number of hydrogen-bond acceptors (Lipinski definition) is 4. The van der Waals surface area contributed by atoms with E-state index in [1.165, 1.54) is 0 Å². The fraction of sp³-hybridized carbons (Fsp3) is 0.368. The van der Waals surface area contributed by atoms with E-state index in [1.807, 2.05) is 42.5 Å². The SMILES string of the molecule is COc1ccc(CC(C)(C[C@H](N)O)c2ccc(Cl)cc2)cc1OC. The van der Waals surface area contributed by atoms with Gasteiger partial charge in [0.25, 0.3) is 0 Å². The Morgan fingerprint density at radius 2 is 1.71 bits per heavy atom. The average Bonchev–Trinajstić information content (AvgIpc) is 2.54. The van der Waals surface area contributed by atoms with Crippen LogP contribution in [-0.4, -0.2) is 25.6 Å². The number of aliphatic hydroxyl groups is 1. The number of benzene rings is 2. The molecule has 0 aromatic heterocycles. The zero-order valence-corrected chi connectivity index (χ0v) is 15.0. The average molecular weight is 350 g/mol. The highest BCUT2D eigenvalue weighted by atomic mass is 35.5. The molecule has 0 radical (unpaired) electrons. The van der Waals surface area contributed by atoms with Crippen molar-refractivity contribution in [2.75, 3.05) is 14.2 Å². The maximum absolute atomic E-state index is 9.77. The Morgan fingerprint density at radius 3 is 2.25 bits per heavy atom. The van der Waals surface area contributed by atoms with E-state index in [4.69, 9.17) is 26.8 Å². The molecule has 0 bridgehead atoms. The van der Waals surface area contributed by atoms with Crippen molar-refractivity contribution in [3.8, 4) is 11.5 Å². The van der Waals surface area contributed by atoms with Crippen LogP contribution in [0.25, 0.3) is 0 Å². The zero-order valence-electron chi connectivity index (χ0n) is 14.3. The second-order valence-electron chi connectivity index (χ2n) is 6.21. The second kappa shape index (κ2) is 7.88. The van der Waals surface area contributed by atoms with Gasteiger partial charge >= 0.3 is 0 Å². The molecular formula is C19H24ClNO3. The number of nitrogens with two attached hydrogens (primary N) is 1. The lowest BCUT2D eigenvalue weighted by atomic mass is 9.74. The van der Waals surface area contributed by atoms with Gasteiger partial charge in [-0.2, -0.15) is 0 Å². The number of aliphatic hydroxyl groups excluding tert-OH is 1. The molecule has 0 aliphatic heterocycles. The molecule has 1 unspecified atom stereocenters. The number of ether oxygens (including phenoxy) is 2. The quantitative estimate of drug-likeness (QED) is 0.750. The number of rotatable bonds is 7. The third-order valence-corrected chi connectivity index (χ3v) is 4.50. The minimum atomic E-state index is -0.897. The summed E-state index contributed by atoms with van der Waals surface area (Å²) in [5.41, 5.74) is 7.50. The predicted octanol–water partition coefficient (Wildman–Crippen LogP) is 3.52. The molecule has 3 N–H and O–H groups in total. The van der Waals surface area contributed by atoms with Crippen molar-refractivity contribution in [3.63, 3.8) is 0 Å². The smallest absolute Gasteiger partial charge is 0.160 e. The van der Waals surface area contributed by atoms with E-state index in [-0.39, 0.29) is 5.41 Å². The summed E-state index contributed by atoms with van der Waals surface area (Å²) >= 11 is 6.00. The molecule has 2 rings (SSSR count). The standard InChI is InChI=1S/C19H24ClNO3/c1-19(12-18(21)22,14-5-7-15(20)8-6-14)11-13-4-9-16(23-2)17(10-13)24-3/h4-10,18,22H,11-12,21H2,1-3H3/t18-,19?/m1/s1. The third-order valence-electron chi connectivity index (χ3n) is 4.24. The highest BCUT2D eigenvalue weighted by Crippen LogP contribution is 2.35. The Kier molecular flexibility index (Phi) is 6.10. The van der Waals surface area contributed by atoms with Gasteiger partial charge < -0.3 is 20.3 Å². The molecular weight excluding hydrogens is 326 g/mol. The van der Waals surface area contributed by atoms with Crippen LogP contribution < -0.4 is 15.2 Å². The van der Waals surface area contributed by atoms with E-state index >= 15 is 0 Å². The summed E-state index contributed by atoms with van der Waals surface area (Å²) in [5, 5.41) is 10.5. The van der Waals surface area contributed by atoms with E-state index in [0.717, 1.165) is 11.1 Å². The minimum Gasteiger partial charge on any atom is -0.493 e. The van der Waals surface area contributed by atoms with Gasteiger partial charge in [0, 0.05) is 10.4 Å². The molecule has 0 fully saturated rings. The molecule has 0 aliphatic carbocycles. The Hall–Kier alpha value is -1.75. The Balaban J connectivity index is 2.37. The van der Waals surface area contributed by atoms with Gasteiger partial charge in [-0.25, -0.2) is 0 Å². The van der Waals surface area contributed by atoms with Gasteiger partial charge in [0.1, 0.15) is 6.23 Å². The highest BCUT2D eigenvalue weighted by Gasteiger charge is 2.29. The summed E-state index contributed by atoms with van der Waals surface area (Å²) in [6, 6.07) is 13.5. The van der Waals surface area contributed by atoms with Gasteiger partial charge in [-0.1, -0.05) is 36.7 Å². The maximum atomic E-state index is 9.77. The Bertz CT molecular complexity index is 673. The Morgan fingerprint density at radius 1 is 1.08 bits per heavy atom. The first-order valence-electron chi connectivity index (χ1n) is 7.78. The van der Waals surface area contributed by atoms with Gasteiger partial charge in [-0.15, -0.1) is 0 Å². The molecule has 24 heavy (non-hydrogen) atoms. The number of halogens is 1. The Labute approximate surface area is 148 Å². The molecule has 4 nitrogen and oxygen atoms in total. The van der Waals surface area contributed by atoms with Gasteiger partial charge in [-0.3, -0.25) is 0 Å². The van der Waals surface area contributed by atoms with Crippen LogP contribution in [0.2, 0.25) is 5.02 Å². The van der Waals surface area contributed by atoms with Crippen LogP contribution in [-0.2, 0) is 11.8 Å². The summed E-state index contributed by atoms with van der Waals surface area (Å²) < 4.78 is 10.7. The first kappa shape index (κ1) is 18.6. The summed E-state index contributed by atoms with van der Waals surface area (Å²) in [6.07, 6.45) is 0.234. The largest absolute Gasteiger partial charge is 0.493 e. The van der Waals surface area contributed by atoms with Gasteiger partial charge in [0.05, 0.1) is 14.2 Å². The summed E-state index contributed by atoms with van der Waals surface area (Å²) in [6.45, 7) is 2.09. The zero-order chi connectivity index (χ0) is 17.7. The van der Waals surface area contributed by atoms with Crippen LogP contribution in [0.4, 0.5) is 0 Å². The van der Waals surface area contributed by atoms with Crippen molar-refractivity contribution in [2.45, 2.75) is 31.4 Å². The molecule has 5 heteroatoms. The first-order chi connectivity index (χ1) is 11.4. The van der Waals surface area contributed by atoms with Crippen molar-refractivity contribution < 1.29 is 14.6 Å². The fourth-order valence-electron chi connectivity index (χ4n) is 3.05. The topological polar surface area (TPSA) is 64.7 Å². The van der Waals surface area contributed by atoms with E-state index < -0.39 is 6.23 Å². The van der Waals surface area contributed by atoms with Crippen molar-refractivity contribution in [2.24, 2.45) is 5.73 Å². The van der Waals surface area contributed by atoms with E-state index in [0.29, 0.717) is 29.4 Å². The number of hydrogen-bond donors (Lipinski definition) is 2. The van der Waals surface area contributed by atoms with Crippen LogP contribution in [0.1, 0.15) is 24.5 Å². The van der Waals surface area contributed by atoms with Gasteiger partial charge in [-0.05, 0) is 48.2 Å². The third kappa shape index (κ3) is 4.41. The fourth-order valence-corrected chi connectivity index (χ4v) is 3.17. The molecule has 2 aromatic carbocycles. The van der Waals surface area contributed by atoms with E-state index in [1.54, 1.807) is 14.2 Å². The van der Waals surface area contributed by atoms with E-state index in [9.17, 15) is 5.11 Å². The molecule has 2 atom stereocenters. The minimum absolute atomic E-state index is 0.335. The van der Waals surface area contributed by atoms with Crippen LogP contribution >= 0.6 is 11.6 Å². The molecule has 130 valence electrons. The molecule has 2 aromatic rings. The normalized spacial score (nSPS) is 14.8. The monoisotopic (exact) mass is 349 g/mol. The van der Waals surface area contributed by atoms with Crippen LogP contribution in [0.5, 0.6) is 11.5 Å². The lowest BCUT2D eigenvalue weighted by molar-refractivity contribution is 0.140. The molecule has 0 heterocycles. The van der Waals surface area contributed by atoms with Crippen LogP contribution in [0, 0.1) is 0 Å². The number of methoxy groups -OCH3 is 2.